The maximum absolute atomic E-state index is 12.5. The van der Waals surface area contributed by atoms with Gasteiger partial charge in [-0.15, -0.1) is 0 Å². The molecule has 0 aromatic heterocycles. The van der Waals surface area contributed by atoms with Crippen LogP contribution in [-0.2, 0) is 9.59 Å². The van der Waals surface area contributed by atoms with E-state index in [1.54, 1.807) is 4.90 Å². The summed E-state index contributed by atoms with van der Waals surface area (Å²) in [6, 6.07) is 9.33. The Balaban J connectivity index is 1.59. The summed E-state index contributed by atoms with van der Waals surface area (Å²) in [6.45, 7) is 0.656. The highest BCUT2D eigenvalue weighted by Crippen LogP contribution is 2.24. The number of nitrogens with one attached hydrogen (secondary N) is 1. The minimum atomic E-state index is -0.318. The average molecular weight is 301 g/mol. The Labute approximate surface area is 130 Å². The van der Waals surface area contributed by atoms with Gasteiger partial charge in [-0.3, -0.25) is 9.59 Å². The van der Waals surface area contributed by atoms with E-state index in [0.717, 1.165) is 31.2 Å². The normalized spacial score (nSPS) is 22.4. The van der Waals surface area contributed by atoms with Gasteiger partial charge in [0.25, 0.3) is 0 Å². The van der Waals surface area contributed by atoms with Crippen molar-refractivity contribution in [1.82, 2.24) is 10.2 Å². The van der Waals surface area contributed by atoms with Crippen LogP contribution in [0.25, 0.3) is 0 Å². The van der Waals surface area contributed by atoms with Gasteiger partial charge < -0.3 is 16.0 Å². The quantitative estimate of drug-likeness (QED) is 0.862. The summed E-state index contributed by atoms with van der Waals surface area (Å²) < 4.78 is 0. The third-order valence-electron chi connectivity index (χ3n) is 4.42. The SMILES string of the molecule is NC(CC(=O)N1CCCC1C(=O)NC1CC1)c1ccccc1. The molecule has 2 unspecified atom stereocenters. The third-order valence-corrected chi connectivity index (χ3v) is 4.42. The molecule has 3 N–H and O–H groups in total. The molecule has 0 radical (unpaired) electrons. The van der Waals surface area contributed by atoms with Crippen molar-refractivity contribution in [3.8, 4) is 0 Å². The molecule has 5 heteroatoms. The lowest BCUT2D eigenvalue weighted by Gasteiger charge is -2.25. The number of rotatable bonds is 5. The standard InChI is InChI=1S/C17H23N3O2/c18-14(12-5-2-1-3-6-12)11-16(21)20-10-4-7-15(20)17(22)19-13-8-9-13/h1-3,5-6,13-15H,4,7-11,18H2,(H,19,22). The summed E-state index contributed by atoms with van der Waals surface area (Å²) in [6.07, 6.45) is 4.01. The number of hydrogen-bond acceptors (Lipinski definition) is 3. The lowest BCUT2D eigenvalue weighted by atomic mass is 10.0. The fraction of sp³-hybridized carbons (Fsp3) is 0.529. The van der Waals surface area contributed by atoms with E-state index < -0.39 is 0 Å². The summed E-state index contributed by atoms with van der Waals surface area (Å²) in [4.78, 5) is 26.5. The first-order valence-corrected chi connectivity index (χ1v) is 8.05. The van der Waals surface area contributed by atoms with E-state index in [2.05, 4.69) is 5.32 Å². The van der Waals surface area contributed by atoms with Crippen LogP contribution in [0, 0.1) is 0 Å². The molecule has 1 aliphatic carbocycles. The van der Waals surface area contributed by atoms with Crippen LogP contribution in [0.3, 0.4) is 0 Å². The molecule has 118 valence electrons. The second kappa shape index (κ2) is 6.48. The first-order valence-electron chi connectivity index (χ1n) is 8.05. The number of nitrogens with zero attached hydrogens (tertiary/aromatic N) is 1. The molecular formula is C17H23N3O2. The van der Waals surface area contributed by atoms with E-state index in [-0.39, 0.29) is 30.3 Å². The van der Waals surface area contributed by atoms with Crippen molar-refractivity contribution in [3.05, 3.63) is 35.9 Å². The average Bonchev–Trinajstić information content (AvgIpc) is 3.19. The highest BCUT2D eigenvalue weighted by molar-refractivity contribution is 5.88. The van der Waals surface area contributed by atoms with Crippen molar-refractivity contribution in [2.45, 2.75) is 50.2 Å². The van der Waals surface area contributed by atoms with Crippen molar-refractivity contribution in [2.24, 2.45) is 5.73 Å². The van der Waals surface area contributed by atoms with Gasteiger partial charge in [0.05, 0.1) is 0 Å². The molecule has 1 aromatic rings. The molecule has 2 aliphatic rings. The van der Waals surface area contributed by atoms with Crippen LogP contribution < -0.4 is 11.1 Å². The second-order valence-electron chi connectivity index (χ2n) is 6.25. The number of hydrogen-bond donors (Lipinski definition) is 2. The summed E-state index contributed by atoms with van der Waals surface area (Å²) in [5.74, 6) is -0.0218. The molecule has 1 saturated heterocycles. The summed E-state index contributed by atoms with van der Waals surface area (Å²) >= 11 is 0. The molecule has 1 saturated carbocycles. The third kappa shape index (κ3) is 3.47. The van der Waals surface area contributed by atoms with E-state index in [9.17, 15) is 9.59 Å². The van der Waals surface area contributed by atoms with Gasteiger partial charge in [-0.05, 0) is 31.2 Å². The summed E-state index contributed by atoms with van der Waals surface area (Å²) in [5.41, 5.74) is 7.08. The minimum absolute atomic E-state index is 0.00151. The molecule has 2 fully saturated rings. The first kappa shape index (κ1) is 15.0. The predicted molar refractivity (Wildman–Crippen MR) is 83.9 cm³/mol. The molecule has 1 aliphatic heterocycles. The summed E-state index contributed by atoms with van der Waals surface area (Å²) in [7, 11) is 0. The lowest BCUT2D eigenvalue weighted by Crippen LogP contribution is -2.47. The van der Waals surface area contributed by atoms with E-state index in [0.29, 0.717) is 12.6 Å². The van der Waals surface area contributed by atoms with E-state index >= 15 is 0 Å². The Morgan fingerprint density at radius 2 is 1.95 bits per heavy atom. The number of carbonyl (C=O) groups is 2. The molecule has 2 atom stereocenters. The van der Waals surface area contributed by atoms with Gasteiger partial charge in [0.2, 0.25) is 11.8 Å². The van der Waals surface area contributed by atoms with E-state index in [4.69, 9.17) is 5.73 Å². The molecule has 1 aromatic carbocycles. The highest BCUT2D eigenvalue weighted by atomic mass is 16.2. The zero-order valence-electron chi connectivity index (χ0n) is 12.7. The summed E-state index contributed by atoms with van der Waals surface area (Å²) in [5, 5.41) is 3.00. The van der Waals surface area contributed by atoms with Crippen molar-refractivity contribution < 1.29 is 9.59 Å². The van der Waals surface area contributed by atoms with Gasteiger partial charge >= 0.3 is 0 Å². The number of nitrogens with two attached hydrogens (primary N) is 1. The molecule has 5 nitrogen and oxygen atoms in total. The Morgan fingerprint density at radius 1 is 1.23 bits per heavy atom. The highest BCUT2D eigenvalue weighted by Gasteiger charge is 2.36. The Kier molecular flexibility index (Phi) is 4.43. The van der Waals surface area contributed by atoms with Crippen LogP contribution in [0.4, 0.5) is 0 Å². The number of carbonyl (C=O) groups excluding carboxylic acids is 2. The maximum atomic E-state index is 12.5. The van der Waals surface area contributed by atoms with Crippen LogP contribution >= 0.6 is 0 Å². The fourth-order valence-corrected chi connectivity index (χ4v) is 2.99. The van der Waals surface area contributed by atoms with Crippen molar-refractivity contribution in [1.29, 1.82) is 0 Å². The zero-order chi connectivity index (χ0) is 15.5. The van der Waals surface area contributed by atoms with E-state index in [1.165, 1.54) is 0 Å². The van der Waals surface area contributed by atoms with Crippen LogP contribution in [0.1, 0.15) is 43.7 Å². The van der Waals surface area contributed by atoms with Crippen molar-refractivity contribution in [2.75, 3.05) is 6.54 Å². The van der Waals surface area contributed by atoms with Gasteiger partial charge in [-0.1, -0.05) is 30.3 Å². The number of likely N-dealkylation sites (tertiary alicyclic amines) is 1. The number of amides is 2. The van der Waals surface area contributed by atoms with Gasteiger partial charge in [-0.25, -0.2) is 0 Å². The van der Waals surface area contributed by atoms with Crippen LogP contribution in [0.2, 0.25) is 0 Å². The lowest BCUT2D eigenvalue weighted by molar-refractivity contribution is -0.138. The Morgan fingerprint density at radius 3 is 2.64 bits per heavy atom. The molecule has 2 amide bonds. The van der Waals surface area contributed by atoms with Gasteiger partial charge in [0.1, 0.15) is 6.04 Å². The predicted octanol–water partition coefficient (Wildman–Crippen LogP) is 1.35. The smallest absolute Gasteiger partial charge is 0.243 e. The molecule has 22 heavy (non-hydrogen) atoms. The maximum Gasteiger partial charge on any atom is 0.243 e. The van der Waals surface area contributed by atoms with Gasteiger partial charge in [0, 0.05) is 25.0 Å². The van der Waals surface area contributed by atoms with Crippen LogP contribution in [-0.4, -0.2) is 35.3 Å². The molecular weight excluding hydrogens is 278 g/mol. The van der Waals surface area contributed by atoms with Crippen molar-refractivity contribution in [3.63, 3.8) is 0 Å². The second-order valence-corrected chi connectivity index (χ2v) is 6.25. The van der Waals surface area contributed by atoms with E-state index in [1.807, 2.05) is 30.3 Å². The molecule has 1 heterocycles. The Hall–Kier alpha value is -1.88. The van der Waals surface area contributed by atoms with Crippen LogP contribution in [0.5, 0.6) is 0 Å². The largest absolute Gasteiger partial charge is 0.352 e. The molecule has 0 bridgehead atoms. The fourth-order valence-electron chi connectivity index (χ4n) is 2.99. The first-order chi connectivity index (χ1) is 10.6. The zero-order valence-corrected chi connectivity index (χ0v) is 12.7. The number of benzene rings is 1. The van der Waals surface area contributed by atoms with Crippen molar-refractivity contribution >= 4 is 11.8 Å². The van der Waals surface area contributed by atoms with Gasteiger partial charge in [0.15, 0.2) is 0 Å². The molecule has 0 spiro atoms. The topological polar surface area (TPSA) is 75.4 Å². The Bertz CT molecular complexity index is 542. The molecule has 3 rings (SSSR count). The van der Waals surface area contributed by atoms with Crippen LogP contribution in [0.15, 0.2) is 30.3 Å². The minimum Gasteiger partial charge on any atom is -0.352 e. The van der Waals surface area contributed by atoms with Gasteiger partial charge in [-0.2, -0.15) is 0 Å². The monoisotopic (exact) mass is 301 g/mol.